The van der Waals surface area contributed by atoms with E-state index in [4.69, 9.17) is 23.2 Å². The molecule has 0 bridgehead atoms. The maximum absolute atomic E-state index is 14.2. The molecule has 1 N–H and O–H groups in total. The first kappa shape index (κ1) is 31.0. The summed E-state index contributed by atoms with van der Waals surface area (Å²) in [5.41, 5.74) is 1.38. The summed E-state index contributed by atoms with van der Waals surface area (Å²) >= 11 is 12.5. The Labute approximate surface area is 254 Å². The van der Waals surface area contributed by atoms with Crippen molar-refractivity contribution in [2.24, 2.45) is 0 Å². The molecule has 11 heteroatoms. The van der Waals surface area contributed by atoms with Crippen LogP contribution in [0.2, 0.25) is 10.0 Å². The van der Waals surface area contributed by atoms with Crippen molar-refractivity contribution in [2.45, 2.75) is 23.9 Å². The SMILES string of the molecule is CNC(=O)[C@@H](Cc1ccccc1)N(Cc1ccc(F)cc1)C(=O)CN(c1ccc(Cl)cc1Cl)S(=O)(=O)c1ccccc1. The molecule has 0 saturated carbocycles. The topological polar surface area (TPSA) is 86.8 Å². The number of likely N-dealkylation sites (N-methyl/N-ethyl adjacent to an activating group) is 1. The van der Waals surface area contributed by atoms with Crippen LogP contribution in [-0.4, -0.2) is 44.8 Å². The first-order valence-electron chi connectivity index (χ1n) is 12.9. The number of hydrogen-bond donors (Lipinski definition) is 1. The number of carbonyl (C=O) groups is 2. The average molecular weight is 629 g/mol. The van der Waals surface area contributed by atoms with E-state index in [1.54, 1.807) is 18.2 Å². The number of nitrogens with one attached hydrogen (secondary N) is 1. The third-order valence-electron chi connectivity index (χ3n) is 6.57. The number of amides is 2. The number of carbonyl (C=O) groups excluding carboxylic acids is 2. The van der Waals surface area contributed by atoms with Gasteiger partial charge in [0.2, 0.25) is 11.8 Å². The third-order valence-corrected chi connectivity index (χ3v) is 8.88. The maximum Gasteiger partial charge on any atom is 0.264 e. The van der Waals surface area contributed by atoms with Crippen molar-refractivity contribution in [2.75, 3.05) is 17.9 Å². The standard InChI is InChI=1S/C31H28Cl2FN3O4S/c1-35-31(39)29(18-22-8-4-2-5-9-22)36(20-23-12-15-25(34)16-13-23)30(38)21-37(28-17-14-24(32)19-27(28)33)42(40,41)26-10-6-3-7-11-26/h2-17,19,29H,18,20-21H2,1H3,(H,35,39)/t29-/m1/s1. The Hall–Kier alpha value is -3.92. The first-order valence-corrected chi connectivity index (χ1v) is 15.1. The molecule has 2 amide bonds. The molecule has 7 nitrogen and oxygen atoms in total. The van der Waals surface area contributed by atoms with Crippen LogP contribution in [0.25, 0.3) is 0 Å². The van der Waals surface area contributed by atoms with E-state index in [2.05, 4.69) is 5.32 Å². The molecule has 0 unspecified atom stereocenters. The Morgan fingerprint density at radius 1 is 0.857 bits per heavy atom. The molecule has 0 aliphatic rings. The summed E-state index contributed by atoms with van der Waals surface area (Å²) in [6.07, 6.45) is 0.153. The summed E-state index contributed by atoms with van der Waals surface area (Å²) in [7, 11) is -2.84. The second-order valence-electron chi connectivity index (χ2n) is 9.39. The van der Waals surface area contributed by atoms with Gasteiger partial charge in [0.1, 0.15) is 18.4 Å². The molecule has 0 saturated heterocycles. The number of halogens is 3. The summed E-state index contributed by atoms with van der Waals surface area (Å²) in [6, 6.07) is 25.5. The van der Waals surface area contributed by atoms with Gasteiger partial charge >= 0.3 is 0 Å². The fourth-order valence-corrected chi connectivity index (χ4v) is 6.44. The van der Waals surface area contributed by atoms with Gasteiger partial charge in [-0.05, 0) is 53.6 Å². The molecule has 0 radical (unpaired) electrons. The van der Waals surface area contributed by atoms with Crippen LogP contribution in [-0.2, 0) is 32.6 Å². The summed E-state index contributed by atoms with van der Waals surface area (Å²) in [5, 5.41) is 2.92. The lowest BCUT2D eigenvalue weighted by Gasteiger charge is -2.33. The van der Waals surface area contributed by atoms with Crippen molar-refractivity contribution in [1.29, 1.82) is 0 Å². The van der Waals surface area contributed by atoms with Gasteiger partial charge in [0.05, 0.1) is 15.6 Å². The number of anilines is 1. The van der Waals surface area contributed by atoms with Crippen LogP contribution in [0.5, 0.6) is 0 Å². The highest BCUT2D eigenvalue weighted by atomic mass is 35.5. The fourth-order valence-electron chi connectivity index (χ4n) is 4.42. The molecule has 0 spiro atoms. The van der Waals surface area contributed by atoms with E-state index < -0.39 is 40.2 Å². The van der Waals surface area contributed by atoms with Gasteiger partial charge in [-0.25, -0.2) is 12.8 Å². The lowest BCUT2D eigenvalue weighted by atomic mass is 10.0. The summed E-state index contributed by atoms with van der Waals surface area (Å²) in [5.74, 6) is -1.58. The monoisotopic (exact) mass is 627 g/mol. The molecule has 218 valence electrons. The fraction of sp³-hybridized carbons (Fsp3) is 0.161. The van der Waals surface area contributed by atoms with Crippen LogP contribution in [0.3, 0.4) is 0 Å². The van der Waals surface area contributed by atoms with Gasteiger partial charge in [-0.15, -0.1) is 0 Å². The largest absolute Gasteiger partial charge is 0.357 e. The van der Waals surface area contributed by atoms with Crippen LogP contribution in [0, 0.1) is 5.82 Å². The summed E-state index contributed by atoms with van der Waals surface area (Å²) in [4.78, 5) is 28.7. The van der Waals surface area contributed by atoms with E-state index in [0.717, 1.165) is 9.87 Å². The van der Waals surface area contributed by atoms with Gasteiger partial charge in [-0.1, -0.05) is 83.9 Å². The van der Waals surface area contributed by atoms with E-state index in [-0.39, 0.29) is 33.6 Å². The number of rotatable bonds is 11. The van der Waals surface area contributed by atoms with Crippen molar-refractivity contribution in [1.82, 2.24) is 10.2 Å². The van der Waals surface area contributed by atoms with Crippen molar-refractivity contribution < 1.29 is 22.4 Å². The zero-order valence-corrected chi connectivity index (χ0v) is 24.9. The molecule has 0 heterocycles. The van der Waals surface area contributed by atoms with Gasteiger partial charge in [0.25, 0.3) is 10.0 Å². The predicted octanol–water partition coefficient (Wildman–Crippen LogP) is 5.71. The molecule has 0 aliphatic carbocycles. The van der Waals surface area contributed by atoms with Crippen molar-refractivity contribution in [3.8, 4) is 0 Å². The molecule has 0 fully saturated rings. The highest BCUT2D eigenvalue weighted by Crippen LogP contribution is 2.33. The molecule has 1 atom stereocenters. The normalized spacial score (nSPS) is 11.9. The molecule has 4 rings (SSSR count). The highest BCUT2D eigenvalue weighted by Gasteiger charge is 2.35. The Balaban J connectivity index is 1.80. The second-order valence-corrected chi connectivity index (χ2v) is 12.1. The summed E-state index contributed by atoms with van der Waals surface area (Å²) in [6.45, 7) is -0.764. The van der Waals surface area contributed by atoms with Gasteiger partial charge in [-0.2, -0.15) is 0 Å². The van der Waals surface area contributed by atoms with Crippen molar-refractivity contribution >= 4 is 50.7 Å². The highest BCUT2D eigenvalue weighted by molar-refractivity contribution is 7.92. The van der Waals surface area contributed by atoms with Crippen LogP contribution in [0.4, 0.5) is 10.1 Å². The average Bonchev–Trinajstić information content (AvgIpc) is 2.99. The minimum Gasteiger partial charge on any atom is -0.357 e. The van der Waals surface area contributed by atoms with Crippen LogP contribution >= 0.6 is 23.2 Å². The molecular formula is C31H28Cl2FN3O4S. The Bertz CT molecular complexity index is 1640. The van der Waals surface area contributed by atoms with E-state index in [9.17, 15) is 22.4 Å². The quantitative estimate of drug-likeness (QED) is 0.231. The zero-order valence-electron chi connectivity index (χ0n) is 22.6. The number of benzene rings is 4. The van der Waals surface area contributed by atoms with Crippen LogP contribution < -0.4 is 9.62 Å². The maximum atomic E-state index is 14.2. The third kappa shape index (κ3) is 7.47. The van der Waals surface area contributed by atoms with Crippen molar-refractivity contribution in [3.63, 3.8) is 0 Å². The van der Waals surface area contributed by atoms with Gasteiger partial charge in [0, 0.05) is 25.0 Å². The number of hydrogen-bond acceptors (Lipinski definition) is 4. The smallest absolute Gasteiger partial charge is 0.264 e. The molecule has 4 aromatic carbocycles. The van der Waals surface area contributed by atoms with E-state index >= 15 is 0 Å². The van der Waals surface area contributed by atoms with E-state index in [1.165, 1.54) is 66.5 Å². The molecule has 0 aromatic heterocycles. The van der Waals surface area contributed by atoms with E-state index in [0.29, 0.717) is 5.56 Å². The number of sulfonamides is 1. The Morgan fingerprint density at radius 3 is 2.07 bits per heavy atom. The lowest BCUT2D eigenvalue weighted by Crippen LogP contribution is -2.53. The van der Waals surface area contributed by atoms with E-state index in [1.807, 2.05) is 30.3 Å². The summed E-state index contributed by atoms with van der Waals surface area (Å²) < 4.78 is 42.4. The van der Waals surface area contributed by atoms with Gasteiger partial charge in [-0.3, -0.25) is 13.9 Å². The minimum atomic E-state index is -4.30. The second kappa shape index (κ2) is 13.8. The Morgan fingerprint density at radius 2 is 1.48 bits per heavy atom. The van der Waals surface area contributed by atoms with Crippen molar-refractivity contribution in [3.05, 3.63) is 130 Å². The molecule has 4 aromatic rings. The van der Waals surface area contributed by atoms with Crippen LogP contribution in [0.15, 0.2) is 108 Å². The first-order chi connectivity index (χ1) is 20.1. The molecular weight excluding hydrogens is 600 g/mol. The zero-order chi connectivity index (χ0) is 30.3. The predicted molar refractivity (Wildman–Crippen MR) is 162 cm³/mol. The number of nitrogens with zero attached hydrogens (tertiary/aromatic N) is 2. The van der Waals surface area contributed by atoms with Gasteiger partial charge < -0.3 is 10.2 Å². The van der Waals surface area contributed by atoms with Gasteiger partial charge in [0.15, 0.2) is 0 Å². The molecule has 42 heavy (non-hydrogen) atoms. The minimum absolute atomic E-state index is 0.0204. The molecule has 0 aliphatic heterocycles. The van der Waals surface area contributed by atoms with Crippen LogP contribution in [0.1, 0.15) is 11.1 Å². The lowest BCUT2D eigenvalue weighted by molar-refractivity contribution is -0.139. The Kier molecular flexibility index (Phi) is 10.2.